The lowest BCUT2D eigenvalue weighted by molar-refractivity contribution is -0.533. The van der Waals surface area contributed by atoms with Gasteiger partial charge in [0.05, 0.1) is 16.5 Å². The highest BCUT2D eigenvalue weighted by molar-refractivity contribution is 5.92. The van der Waals surface area contributed by atoms with Crippen LogP contribution < -0.4 is 0 Å². The maximum absolute atomic E-state index is 5.30. The number of hydrogen-bond acceptors (Lipinski definition) is 1. The zero-order valence-electron chi connectivity index (χ0n) is 40.3. The molecular weight excluding hydrogens is 835 g/mol. The monoisotopic (exact) mass is 887 g/mol. The molecule has 0 unspecified atom stereocenters. The molecule has 0 N–H and O–H groups in total. The van der Waals surface area contributed by atoms with E-state index in [0.29, 0.717) is 0 Å². The Morgan fingerprint density at radius 2 is 0.725 bits per heavy atom. The predicted molar refractivity (Wildman–Crippen MR) is 280 cm³/mol. The van der Waals surface area contributed by atoms with Crippen molar-refractivity contribution in [2.24, 2.45) is 0 Å². The summed E-state index contributed by atoms with van der Waals surface area (Å²) in [5, 5.41) is 0. The fourth-order valence-electron chi connectivity index (χ4n) is 13.7. The van der Waals surface area contributed by atoms with Gasteiger partial charge in [0, 0.05) is 22.9 Å². The smallest absolute Gasteiger partial charge is 0.260 e. The first-order chi connectivity index (χ1) is 33.6. The summed E-state index contributed by atoms with van der Waals surface area (Å²) >= 11 is 0. The second-order valence-corrected chi connectivity index (χ2v) is 20.0. The van der Waals surface area contributed by atoms with Crippen molar-refractivity contribution in [3.63, 3.8) is 0 Å². The molecule has 13 rings (SSSR count). The van der Waals surface area contributed by atoms with E-state index in [1.54, 1.807) is 0 Å². The van der Waals surface area contributed by atoms with Crippen LogP contribution in [-0.4, -0.2) is 27.2 Å². The van der Waals surface area contributed by atoms with E-state index in [4.69, 9.17) is 4.98 Å². The lowest BCUT2D eigenvalue weighted by Crippen LogP contribution is -2.38. The molecule has 0 atom stereocenters. The van der Waals surface area contributed by atoms with Crippen molar-refractivity contribution >= 4 is 6.01 Å². The van der Waals surface area contributed by atoms with E-state index in [9.17, 15) is 0 Å². The highest BCUT2D eigenvalue weighted by atomic mass is 15.2. The average molecular weight is 888 g/mol. The summed E-state index contributed by atoms with van der Waals surface area (Å²) in [7, 11) is 2.07. The summed E-state index contributed by atoms with van der Waals surface area (Å²) < 4.78 is 4.39. The molecule has 2 heterocycles. The van der Waals surface area contributed by atoms with Crippen LogP contribution in [0.25, 0.3) is 33.4 Å². The van der Waals surface area contributed by atoms with Crippen molar-refractivity contribution in [3.8, 4) is 33.4 Å². The fraction of sp³-hybridized carbons (Fsp3) is 0.152. The van der Waals surface area contributed by atoms with Crippen molar-refractivity contribution in [2.45, 2.75) is 57.9 Å². The van der Waals surface area contributed by atoms with Gasteiger partial charge in [0.25, 0.3) is 5.54 Å². The Balaban J connectivity index is 1.17. The van der Waals surface area contributed by atoms with Gasteiger partial charge < -0.3 is 0 Å². The van der Waals surface area contributed by atoms with Crippen molar-refractivity contribution < 1.29 is 9.15 Å². The molecular formula is C66H53N3+2. The van der Waals surface area contributed by atoms with Gasteiger partial charge in [-0.1, -0.05) is 167 Å². The fourth-order valence-corrected chi connectivity index (χ4v) is 13.7. The molecule has 4 aliphatic rings. The molecule has 8 aromatic carbocycles. The minimum Gasteiger partial charge on any atom is -0.260 e. The lowest BCUT2D eigenvalue weighted by atomic mass is 9.64. The van der Waals surface area contributed by atoms with Gasteiger partial charge in [-0.3, -0.25) is 4.98 Å². The van der Waals surface area contributed by atoms with Crippen molar-refractivity contribution in [1.29, 1.82) is 0 Å². The highest BCUT2D eigenvalue weighted by Gasteiger charge is 2.58. The second kappa shape index (κ2) is 14.8. The largest absolute Gasteiger partial charge is 0.490 e. The molecule has 69 heavy (non-hydrogen) atoms. The van der Waals surface area contributed by atoms with Crippen molar-refractivity contribution in [1.82, 2.24) is 4.98 Å². The van der Waals surface area contributed by atoms with Gasteiger partial charge in [0.2, 0.25) is 12.4 Å². The number of pyridine rings is 1. The summed E-state index contributed by atoms with van der Waals surface area (Å²) in [4.78, 5) is 5.30. The number of aryl methyl sites for hydroxylation is 6. The molecule has 1 aromatic heterocycles. The van der Waals surface area contributed by atoms with Crippen LogP contribution in [-0.2, 0) is 16.4 Å². The first-order valence-electron chi connectivity index (χ1n) is 24.3. The van der Waals surface area contributed by atoms with E-state index in [0.717, 1.165) is 5.69 Å². The quantitative estimate of drug-likeness (QED) is 0.152. The first kappa shape index (κ1) is 41.2. The molecule has 0 amide bonds. The molecule has 0 radical (unpaired) electrons. The summed E-state index contributed by atoms with van der Waals surface area (Å²) in [6.45, 7) is 13.6. The van der Waals surface area contributed by atoms with Crippen LogP contribution in [0.2, 0.25) is 0 Å². The van der Waals surface area contributed by atoms with Crippen molar-refractivity contribution in [2.75, 3.05) is 7.05 Å². The third-order valence-corrected chi connectivity index (χ3v) is 16.3. The standard InChI is InChI=1S/C66H53N3/c1-41-18-10-28-51-58(41)59-42(2)19-11-29-52(59)64(51,47-24-16-26-49(38-47)65(57-34-8-9-35-67-57)53-30-12-20-43(3)60(53)61-44(4)21-13-31-54(61)65)48-25-17-27-50(39-48)66(69-37-36-68(7)40-69)55-32-14-22-45(5)62(55)63-46(6)23-15-33-56(63)66/h8-39H,1-7H3/q+2. The molecule has 0 saturated carbocycles. The molecule has 0 spiro atoms. The number of fused-ring (bicyclic) bond motifs is 9. The van der Waals surface area contributed by atoms with Gasteiger partial charge in [-0.25, -0.2) is 0 Å². The lowest BCUT2D eigenvalue weighted by Gasteiger charge is -2.37. The molecule has 0 fully saturated rings. The van der Waals surface area contributed by atoms with Gasteiger partial charge in [0.15, 0.2) is 7.05 Å². The zero-order chi connectivity index (χ0) is 47.0. The van der Waals surface area contributed by atoms with E-state index >= 15 is 0 Å². The minimum absolute atomic E-state index is 0.677. The van der Waals surface area contributed by atoms with Crippen molar-refractivity contribution in [3.05, 3.63) is 289 Å². The van der Waals surface area contributed by atoms with E-state index in [-0.39, 0.29) is 0 Å². The molecule has 3 aliphatic carbocycles. The van der Waals surface area contributed by atoms with Crippen LogP contribution >= 0.6 is 0 Å². The summed E-state index contributed by atoms with van der Waals surface area (Å²) in [6.07, 6.45) is 6.29. The summed E-state index contributed by atoms with van der Waals surface area (Å²) in [6, 6.07) is 70.8. The van der Waals surface area contributed by atoms with Crippen LogP contribution in [0.4, 0.5) is 0 Å². The number of aromatic nitrogens is 1. The number of benzene rings is 8. The van der Waals surface area contributed by atoms with Gasteiger partial charge in [-0.2, -0.15) is 0 Å². The van der Waals surface area contributed by atoms with Gasteiger partial charge in [-0.15, -0.1) is 0 Å². The molecule has 330 valence electrons. The van der Waals surface area contributed by atoms with E-state index in [1.165, 1.54) is 122 Å². The van der Waals surface area contributed by atoms with Gasteiger partial charge >= 0.3 is 6.01 Å². The summed E-state index contributed by atoms with van der Waals surface area (Å²) in [5.41, 5.74) is 27.1. The third kappa shape index (κ3) is 5.21. The highest BCUT2D eigenvalue weighted by Crippen LogP contribution is 2.62. The van der Waals surface area contributed by atoms with Crippen LogP contribution in [0.1, 0.15) is 94.7 Å². The Labute approximate surface area is 405 Å². The molecule has 1 aliphatic heterocycles. The van der Waals surface area contributed by atoms with Crippen LogP contribution in [0.3, 0.4) is 0 Å². The first-order valence-corrected chi connectivity index (χ1v) is 24.3. The maximum Gasteiger partial charge on any atom is 0.490 e. The predicted octanol–water partition coefficient (Wildman–Crippen LogP) is 14.2. The van der Waals surface area contributed by atoms with E-state index < -0.39 is 16.4 Å². The zero-order valence-corrected chi connectivity index (χ0v) is 40.3. The average Bonchev–Trinajstić information content (AvgIpc) is 4.11. The SMILES string of the molecule is Cc1cccc2c1-c1c(C)cccc1C2(c1cccc(C2(c3ccccn3)c3cccc(C)c3-c3c(C)cccc32)c1)c1cccc(C2([N+]3=C=[N+](C)C=C3)c3cccc(C)c3-c3c(C)cccc32)c1. The Kier molecular flexibility index (Phi) is 8.82. The Bertz CT molecular complexity index is 3650. The second-order valence-electron chi connectivity index (χ2n) is 20.0. The van der Waals surface area contributed by atoms with Crippen LogP contribution in [0.15, 0.2) is 195 Å². The maximum atomic E-state index is 5.30. The topological polar surface area (TPSA) is 18.9 Å². The van der Waals surface area contributed by atoms with Crippen LogP contribution in [0.5, 0.6) is 0 Å². The van der Waals surface area contributed by atoms with Crippen LogP contribution in [0, 0.1) is 41.5 Å². The molecule has 0 saturated heterocycles. The normalized spacial score (nSPS) is 15.7. The Morgan fingerprint density at radius 3 is 1.13 bits per heavy atom. The van der Waals surface area contributed by atoms with Gasteiger partial charge in [0.1, 0.15) is 0 Å². The number of nitrogens with zero attached hydrogens (tertiary/aromatic N) is 3. The number of rotatable bonds is 6. The van der Waals surface area contributed by atoms with Gasteiger partial charge in [-0.05, 0) is 165 Å². The minimum atomic E-state index is -0.709. The summed E-state index contributed by atoms with van der Waals surface area (Å²) in [5.74, 6) is 0. The Hall–Kier alpha value is -7.97. The molecule has 9 aromatic rings. The molecule has 3 nitrogen and oxygen atoms in total. The number of hydrogen-bond donors (Lipinski definition) is 0. The Morgan fingerprint density at radius 1 is 0.362 bits per heavy atom. The molecule has 0 bridgehead atoms. The van der Waals surface area contributed by atoms with E-state index in [2.05, 4.69) is 246 Å². The molecule has 3 heteroatoms. The van der Waals surface area contributed by atoms with E-state index in [1.807, 2.05) is 12.3 Å². The third-order valence-electron chi connectivity index (χ3n) is 16.3.